The van der Waals surface area contributed by atoms with E-state index in [1.54, 1.807) is 7.11 Å². The standard InChI is InChI=1S/C18H31N3O2/c1-6-19-18(21-15(4)13-22-5)20-12-11-16-7-9-17(10-8-16)23-14(2)3/h7-10,14-15H,6,11-13H2,1-5H3,(H2,19,20,21). The maximum absolute atomic E-state index is 5.65. The van der Waals surface area contributed by atoms with Gasteiger partial charge in [0.05, 0.1) is 12.7 Å². The van der Waals surface area contributed by atoms with Crippen LogP contribution in [0.15, 0.2) is 29.3 Å². The normalized spacial score (nSPS) is 13.0. The van der Waals surface area contributed by atoms with E-state index in [2.05, 4.69) is 41.6 Å². The van der Waals surface area contributed by atoms with Gasteiger partial charge in [-0.15, -0.1) is 0 Å². The van der Waals surface area contributed by atoms with Crippen molar-refractivity contribution in [2.24, 2.45) is 4.99 Å². The summed E-state index contributed by atoms with van der Waals surface area (Å²) in [6, 6.07) is 8.46. The van der Waals surface area contributed by atoms with Gasteiger partial charge in [0.2, 0.25) is 0 Å². The number of guanidine groups is 1. The van der Waals surface area contributed by atoms with Crippen molar-refractivity contribution in [1.29, 1.82) is 0 Å². The summed E-state index contributed by atoms with van der Waals surface area (Å²) in [7, 11) is 1.70. The van der Waals surface area contributed by atoms with Crippen LogP contribution < -0.4 is 15.4 Å². The molecule has 0 saturated heterocycles. The lowest BCUT2D eigenvalue weighted by Crippen LogP contribution is -2.44. The Morgan fingerprint density at radius 2 is 1.87 bits per heavy atom. The van der Waals surface area contributed by atoms with Crippen LogP contribution in [-0.2, 0) is 11.2 Å². The van der Waals surface area contributed by atoms with E-state index in [1.807, 2.05) is 26.0 Å². The molecule has 1 aromatic rings. The van der Waals surface area contributed by atoms with Crippen LogP contribution in [-0.4, -0.2) is 44.9 Å². The van der Waals surface area contributed by atoms with Crippen molar-refractivity contribution in [2.45, 2.75) is 46.3 Å². The average Bonchev–Trinajstić information content (AvgIpc) is 2.49. The van der Waals surface area contributed by atoms with Gasteiger partial charge in [-0.3, -0.25) is 4.99 Å². The third kappa shape index (κ3) is 8.45. The quantitative estimate of drug-likeness (QED) is 0.542. The second-order valence-electron chi connectivity index (χ2n) is 5.82. The van der Waals surface area contributed by atoms with Crippen LogP contribution in [0.5, 0.6) is 5.75 Å². The Morgan fingerprint density at radius 1 is 1.17 bits per heavy atom. The van der Waals surface area contributed by atoms with Gasteiger partial charge in [-0.25, -0.2) is 0 Å². The van der Waals surface area contributed by atoms with Gasteiger partial charge < -0.3 is 20.1 Å². The summed E-state index contributed by atoms with van der Waals surface area (Å²) in [5.74, 6) is 1.74. The summed E-state index contributed by atoms with van der Waals surface area (Å²) >= 11 is 0. The van der Waals surface area contributed by atoms with Crippen molar-refractivity contribution in [3.8, 4) is 5.75 Å². The van der Waals surface area contributed by atoms with E-state index in [0.29, 0.717) is 6.61 Å². The molecule has 0 radical (unpaired) electrons. The summed E-state index contributed by atoms with van der Waals surface area (Å²) in [5.41, 5.74) is 1.26. The number of hydrogen-bond acceptors (Lipinski definition) is 3. The van der Waals surface area contributed by atoms with Crippen LogP contribution in [0.2, 0.25) is 0 Å². The van der Waals surface area contributed by atoms with Gasteiger partial charge >= 0.3 is 0 Å². The lowest BCUT2D eigenvalue weighted by atomic mass is 10.1. The first-order valence-corrected chi connectivity index (χ1v) is 8.34. The maximum Gasteiger partial charge on any atom is 0.191 e. The van der Waals surface area contributed by atoms with Crippen LogP contribution in [0.25, 0.3) is 0 Å². The van der Waals surface area contributed by atoms with Crippen LogP contribution in [0.3, 0.4) is 0 Å². The molecule has 0 spiro atoms. The average molecular weight is 321 g/mol. The van der Waals surface area contributed by atoms with Crippen molar-refractivity contribution in [1.82, 2.24) is 10.6 Å². The molecular weight excluding hydrogens is 290 g/mol. The molecule has 130 valence electrons. The summed E-state index contributed by atoms with van der Waals surface area (Å²) in [6.07, 6.45) is 1.10. The van der Waals surface area contributed by atoms with E-state index in [0.717, 1.165) is 31.2 Å². The first-order valence-electron chi connectivity index (χ1n) is 8.34. The van der Waals surface area contributed by atoms with E-state index in [4.69, 9.17) is 9.47 Å². The fraction of sp³-hybridized carbons (Fsp3) is 0.611. The summed E-state index contributed by atoms with van der Waals surface area (Å²) < 4.78 is 10.8. The lowest BCUT2D eigenvalue weighted by molar-refractivity contribution is 0.179. The molecule has 1 atom stereocenters. The third-order valence-electron chi connectivity index (χ3n) is 3.11. The zero-order valence-corrected chi connectivity index (χ0v) is 15.1. The van der Waals surface area contributed by atoms with Crippen LogP contribution in [0.4, 0.5) is 0 Å². The molecule has 23 heavy (non-hydrogen) atoms. The highest BCUT2D eigenvalue weighted by molar-refractivity contribution is 5.80. The number of nitrogens with one attached hydrogen (secondary N) is 2. The Morgan fingerprint density at radius 3 is 2.43 bits per heavy atom. The van der Waals surface area contributed by atoms with E-state index in [-0.39, 0.29) is 12.1 Å². The van der Waals surface area contributed by atoms with Crippen molar-refractivity contribution >= 4 is 5.96 Å². The van der Waals surface area contributed by atoms with Crippen molar-refractivity contribution in [3.05, 3.63) is 29.8 Å². The third-order valence-corrected chi connectivity index (χ3v) is 3.11. The van der Waals surface area contributed by atoms with Crippen molar-refractivity contribution < 1.29 is 9.47 Å². The smallest absolute Gasteiger partial charge is 0.191 e. The second kappa shape index (κ2) is 10.9. The molecule has 0 aromatic heterocycles. The highest BCUT2D eigenvalue weighted by Crippen LogP contribution is 2.14. The van der Waals surface area contributed by atoms with E-state index < -0.39 is 0 Å². The number of benzene rings is 1. The van der Waals surface area contributed by atoms with E-state index >= 15 is 0 Å². The molecule has 0 heterocycles. The van der Waals surface area contributed by atoms with E-state index in [1.165, 1.54) is 5.56 Å². The predicted octanol–water partition coefficient (Wildman–Crippen LogP) is 2.61. The molecule has 0 aliphatic carbocycles. The molecule has 1 unspecified atom stereocenters. The molecule has 1 rings (SSSR count). The molecule has 1 aromatic carbocycles. The minimum Gasteiger partial charge on any atom is -0.491 e. The number of methoxy groups -OCH3 is 1. The van der Waals surface area contributed by atoms with Crippen LogP contribution in [0, 0.1) is 0 Å². The fourth-order valence-electron chi connectivity index (χ4n) is 2.15. The van der Waals surface area contributed by atoms with Crippen LogP contribution in [0.1, 0.15) is 33.3 Å². The van der Waals surface area contributed by atoms with Crippen molar-refractivity contribution in [2.75, 3.05) is 26.8 Å². The molecular formula is C18H31N3O2. The Labute approximate surface area is 140 Å². The molecule has 5 nitrogen and oxygen atoms in total. The summed E-state index contributed by atoms with van der Waals surface area (Å²) in [5, 5.41) is 6.58. The van der Waals surface area contributed by atoms with Gasteiger partial charge in [0, 0.05) is 26.2 Å². The number of nitrogens with zero attached hydrogens (tertiary/aromatic N) is 1. The fourth-order valence-corrected chi connectivity index (χ4v) is 2.15. The summed E-state index contributed by atoms with van der Waals surface area (Å²) in [4.78, 5) is 4.61. The molecule has 0 saturated carbocycles. The topological polar surface area (TPSA) is 54.9 Å². The Hall–Kier alpha value is -1.75. The molecule has 0 fully saturated rings. The van der Waals surface area contributed by atoms with Crippen molar-refractivity contribution in [3.63, 3.8) is 0 Å². The minimum absolute atomic E-state index is 0.202. The molecule has 0 aliphatic rings. The van der Waals surface area contributed by atoms with Gasteiger partial charge in [0.1, 0.15) is 5.75 Å². The predicted molar refractivity (Wildman–Crippen MR) is 96.4 cm³/mol. The Bertz CT molecular complexity index is 458. The number of ether oxygens (including phenoxy) is 2. The minimum atomic E-state index is 0.202. The maximum atomic E-state index is 5.65. The number of aliphatic imine (C=N–C) groups is 1. The molecule has 0 bridgehead atoms. The van der Waals surface area contributed by atoms with E-state index in [9.17, 15) is 0 Å². The highest BCUT2D eigenvalue weighted by Gasteiger charge is 2.04. The first kappa shape index (κ1) is 19.3. The highest BCUT2D eigenvalue weighted by atomic mass is 16.5. The monoisotopic (exact) mass is 321 g/mol. The largest absolute Gasteiger partial charge is 0.491 e. The first-order chi connectivity index (χ1) is 11.0. The van der Waals surface area contributed by atoms with Gasteiger partial charge in [-0.05, 0) is 51.8 Å². The van der Waals surface area contributed by atoms with Gasteiger partial charge in [-0.2, -0.15) is 0 Å². The second-order valence-corrected chi connectivity index (χ2v) is 5.82. The van der Waals surface area contributed by atoms with Gasteiger partial charge in [0.25, 0.3) is 0 Å². The Kier molecular flexibility index (Phi) is 9.14. The zero-order valence-electron chi connectivity index (χ0n) is 15.1. The molecule has 0 amide bonds. The lowest BCUT2D eigenvalue weighted by Gasteiger charge is -2.17. The molecule has 5 heteroatoms. The number of rotatable bonds is 9. The number of hydrogen-bond donors (Lipinski definition) is 2. The SMILES string of the molecule is CCNC(=NCCc1ccc(OC(C)C)cc1)NC(C)COC. The zero-order chi connectivity index (χ0) is 17.1. The van der Waals surface area contributed by atoms with Crippen LogP contribution >= 0.6 is 0 Å². The van der Waals surface area contributed by atoms with Gasteiger partial charge in [0.15, 0.2) is 5.96 Å². The molecule has 2 N–H and O–H groups in total. The Balaban J connectivity index is 2.49. The molecule has 0 aliphatic heterocycles. The van der Waals surface area contributed by atoms with Gasteiger partial charge in [-0.1, -0.05) is 12.1 Å². The summed E-state index contributed by atoms with van der Waals surface area (Å²) in [6.45, 7) is 10.4.